The Morgan fingerprint density at radius 1 is 1.35 bits per heavy atom. The van der Waals surface area contributed by atoms with E-state index in [1.807, 2.05) is 35.9 Å². The summed E-state index contributed by atoms with van der Waals surface area (Å²) in [6.07, 6.45) is 4.62. The molecule has 1 aromatic heterocycles. The first-order valence-electron chi connectivity index (χ1n) is 7.14. The van der Waals surface area contributed by atoms with E-state index in [9.17, 15) is 4.79 Å². The van der Waals surface area contributed by atoms with E-state index in [1.165, 1.54) is 12.8 Å². The van der Waals surface area contributed by atoms with Crippen molar-refractivity contribution in [2.45, 2.75) is 31.7 Å². The highest BCUT2D eigenvalue weighted by Gasteiger charge is 2.21. The monoisotopic (exact) mass is 272 g/mol. The first-order valence-corrected chi connectivity index (χ1v) is 7.14. The molecule has 1 fully saturated rings. The second kappa shape index (κ2) is 5.19. The minimum absolute atomic E-state index is 0.0117. The highest BCUT2D eigenvalue weighted by atomic mass is 16.5. The van der Waals surface area contributed by atoms with Crippen LogP contribution in [0.15, 0.2) is 24.3 Å². The Morgan fingerprint density at radius 3 is 2.80 bits per heavy atom. The summed E-state index contributed by atoms with van der Waals surface area (Å²) < 4.78 is 7.30. The van der Waals surface area contributed by atoms with Gasteiger partial charge in [0.15, 0.2) is 0 Å². The third-order valence-electron chi connectivity index (χ3n) is 4.16. The van der Waals surface area contributed by atoms with Gasteiger partial charge in [0.1, 0.15) is 11.4 Å². The lowest BCUT2D eigenvalue weighted by Crippen LogP contribution is -2.33. The zero-order valence-electron chi connectivity index (χ0n) is 12.0. The Hall–Kier alpha value is -1.97. The molecule has 0 bridgehead atoms. The van der Waals surface area contributed by atoms with Crippen molar-refractivity contribution in [2.24, 2.45) is 7.05 Å². The van der Waals surface area contributed by atoms with Crippen molar-refractivity contribution in [3.8, 4) is 5.75 Å². The standard InChI is InChI=1S/C16H20N2O2/c1-18-13(16(19)17-12-7-3-4-8-12)10-11-6-5-9-14(20-2)15(11)18/h5-6,9-10,12H,3-4,7-8H2,1-2H3,(H,17,19). The molecule has 0 saturated heterocycles. The number of aromatic nitrogens is 1. The number of fused-ring (bicyclic) bond motifs is 1. The smallest absolute Gasteiger partial charge is 0.268 e. The molecule has 0 radical (unpaired) electrons. The lowest BCUT2D eigenvalue weighted by molar-refractivity contribution is 0.0930. The fourth-order valence-corrected chi connectivity index (χ4v) is 3.09. The highest BCUT2D eigenvalue weighted by molar-refractivity contribution is 6.00. The van der Waals surface area contributed by atoms with Crippen molar-refractivity contribution >= 4 is 16.8 Å². The van der Waals surface area contributed by atoms with E-state index in [0.29, 0.717) is 11.7 Å². The zero-order valence-corrected chi connectivity index (χ0v) is 12.0. The van der Waals surface area contributed by atoms with Crippen molar-refractivity contribution < 1.29 is 9.53 Å². The number of benzene rings is 1. The summed E-state index contributed by atoms with van der Waals surface area (Å²) in [4.78, 5) is 12.4. The first kappa shape index (κ1) is 13.0. The summed E-state index contributed by atoms with van der Waals surface area (Å²) in [5.74, 6) is 0.808. The average molecular weight is 272 g/mol. The van der Waals surface area contributed by atoms with Crippen LogP contribution in [-0.4, -0.2) is 23.6 Å². The van der Waals surface area contributed by atoms with Gasteiger partial charge in [-0.2, -0.15) is 0 Å². The van der Waals surface area contributed by atoms with E-state index in [2.05, 4.69) is 5.32 Å². The Balaban J connectivity index is 1.95. The van der Waals surface area contributed by atoms with E-state index in [4.69, 9.17) is 4.74 Å². The van der Waals surface area contributed by atoms with Gasteiger partial charge in [0, 0.05) is 18.5 Å². The predicted molar refractivity (Wildman–Crippen MR) is 79.2 cm³/mol. The van der Waals surface area contributed by atoms with Crippen LogP contribution in [0.25, 0.3) is 10.9 Å². The van der Waals surface area contributed by atoms with Crippen LogP contribution in [0, 0.1) is 0 Å². The van der Waals surface area contributed by atoms with Gasteiger partial charge in [0.2, 0.25) is 0 Å². The maximum atomic E-state index is 12.4. The van der Waals surface area contributed by atoms with Crippen molar-refractivity contribution in [3.63, 3.8) is 0 Å². The summed E-state index contributed by atoms with van der Waals surface area (Å²) in [6.45, 7) is 0. The minimum Gasteiger partial charge on any atom is -0.495 e. The van der Waals surface area contributed by atoms with Gasteiger partial charge in [-0.15, -0.1) is 0 Å². The van der Waals surface area contributed by atoms with Gasteiger partial charge < -0.3 is 14.6 Å². The number of hydrogen-bond donors (Lipinski definition) is 1. The fourth-order valence-electron chi connectivity index (χ4n) is 3.09. The quantitative estimate of drug-likeness (QED) is 0.933. The van der Waals surface area contributed by atoms with Crippen molar-refractivity contribution in [2.75, 3.05) is 7.11 Å². The van der Waals surface area contributed by atoms with Crippen LogP contribution in [0.4, 0.5) is 0 Å². The van der Waals surface area contributed by atoms with Gasteiger partial charge in [-0.05, 0) is 25.0 Å². The number of hydrogen-bond acceptors (Lipinski definition) is 2. The van der Waals surface area contributed by atoms with Gasteiger partial charge in [0.25, 0.3) is 5.91 Å². The Morgan fingerprint density at radius 2 is 2.10 bits per heavy atom. The molecule has 1 amide bonds. The van der Waals surface area contributed by atoms with Crippen LogP contribution in [0.2, 0.25) is 0 Å². The maximum Gasteiger partial charge on any atom is 0.268 e. The second-order valence-electron chi connectivity index (χ2n) is 5.44. The van der Waals surface area contributed by atoms with Gasteiger partial charge in [-0.3, -0.25) is 4.79 Å². The van der Waals surface area contributed by atoms with E-state index in [0.717, 1.165) is 29.5 Å². The zero-order chi connectivity index (χ0) is 14.1. The number of methoxy groups -OCH3 is 1. The molecule has 4 nitrogen and oxygen atoms in total. The van der Waals surface area contributed by atoms with Crippen LogP contribution in [0.3, 0.4) is 0 Å². The molecular weight excluding hydrogens is 252 g/mol. The number of carbonyl (C=O) groups is 1. The van der Waals surface area contributed by atoms with Gasteiger partial charge in [-0.1, -0.05) is 25.0 Å². The number of nitrogens with one attached hydrogen (secondary N) is 1. The maximum absolute atomic E-state index is 12.4. The van der Waals surface area contributed by atoms with Gasteiger partial charge >= 0.3 is 0 Å². The molecule has 106 valence electrons. The van der Waals surface area contributed by atoms with Crippen LogP contribution in [0.5, 0.6) is 5.75 Å². The summed E-state index contributed by atoms with van der Waals surface area (Å²) in [7, 11) is 3.56. The largest absolute Gasteiger partial charge is 0.495 e. The summed E-state index contributed by atoms with van der Waals surface area (Å²) in [5, 5.41) is 4.16. The normalized spacial score (nSPS) is 15.7. The van der Waals surface area contributed by atoms with Gasteiger partial charge in [-0.25, -0.2) is 0 Å². The number of amides is 1. The third kappa shape index (κ3) is 2.15. The summed E-state index contributed by atoms with van der Waals surface area (Å²) >= 11 is 0. The SMILES string of the molecule is COc1cccc2cc(C(=O)NC3CCCC3)n(C)c12. The molecule has 0 unspecified atom stereocenters. The molecule has 0 spiro atoms. The number of carbonyl (C=O) groups excluding carboxylic acids is 1. The van der Waals surface area contributed by atoms with Crippen molar-refractivity contribution in [1.82, 2.24) is 9.88 Å². The Kier molecular flexibility index (Phi) is 3.38. The molecule has 0 aliphatic heterocycles. The number of aryl methyl sites for hydroxylation is 1. The summed E-state index contributed by atoms with van der Waals surface area (Å²) in [5.41, 5.74) is 1.66. The van der Waals surface area contributed by atoms with Crippen molar-refractivity contribution in [1.29, 1.82) is 0 Å². The fraction of sp³-hybridized carbons (Fsp3) is 0.438. The van der Waals surface area contributed by atoms with Gasteiger partial charge in [0.05, 0.1) is 12.6 Å². The van der Waals surface area contributed by atoms with E-state index < -0.39 is 0 Å². The third-order valence-corrected chi connectivity index (χ3v) is 4.16. The average Bonchev–Trinajstić information content (AvgIpc) is 3.07. The molecule has 1 aromatic carbocycles. The molecule has 2 aromatic rings. The molecular formula is C16H20N2O2. The van der Waals surface area contributed by atoms with Crippen LogP contribution >= 0.6 is 0 Å². The molecule has 1 aliphatic carbocycles. The Bertz CT molecular complexity index is 639. The molecule has 1 N–H and O–H groups in total. The summed E-state index contributed by atoms with van der Waals surface area (Å²) in [6, 6.07) is 8.13. The molecule has 1 aliphatic rings. The second-order valence-corrected chi connectivity index (χ2v) is 5.44. The van der Waals surface area contributed by atoms with E-state index in [-0.39, 0.29) is 5.91 Å². The number of para-hydroxylation sites is 1. The minimum atomic E-state index is 0.0117. The van der Waals surface area contributed by atoms with Crippen LogP contribution in [-0.2, 0) is 7.05 Å². The van der Waals surface area contributed by atoms with E-state index in [1.54, 1.807) is 7.11 Å². The van der Waals surface area contributed by atoms with Crippen molar-refractivity contribution in [3.05, 3.63) is 30.0 Å². The predicted octanol–water partition coefficient (Wildman–Crippen LogP) is 2.86. The lowest BCUT2D eigenvalue weighted by atomic mass is 10.2. The van der Waals surface area contributed by atoms with E-state index >= 15 is 0 Å². The molecule has 0 atom stereocenters. The molecule has 3 rings (SSSR count). The first-order chi connectivity index (χ1) is 9.70. The van der Waals surface area contributed by atoms with Crippen LogP contribution in [0.1, 0.15) is 36.2 Å². The molecule has 20 heavy (non-hydrogen) atoms. The number of ether oxygens (including phenoxy) is 1. The van der Waals surface area contributed by atoms with Crippen LogP contribution < -0.4 is 10.1 Å². The number of rotatable bonds is 3. The number of nitrogens with zero attached hydrogens (tertiary/aromatic N) is 1. The lowest BCUT2D eigenvalue weighted by Gasteiger charge is -2.12. The Labute approximate surface area is 118 Å². The topological polar surface area (TPSA) is 43.3 Å². The molecule has 4 heteroatoms. The molecule has 1 heterocycles. The highest BCUT2D eigenvalue weighted by Crippen LogP contribution is 2.28. The molecule has 1 saturated carbocycles.